The van der Waals surface area contributed by atoms with Gasteiger partial charge in [0.2, 0.25) is 0 Å². The summed E-state index contributed by atoms with van der Waals surface area (Å²) in [6.07, 6.45) is 4.29. The van der Waals surface area contributed by atoms with Crippen LogP contribution in [0.15, 0.2) is 78.9 Å². The maximum Gasteiger partial charge on any atom is 0.251 e. The molecular formula is C28H28ClNO2. The largest absolute Gasteiger partial charge is 0.497 e. The summed E-state index contributed by atoms with van der Waals surface area (Å²) in [4.78, 5) is 15.4. The van der Waals surface area contributed by atoms with E-state index in [4.69, 9.17) is 16.3 Å². The molecule has 1 atom stereocenters. The van der Waals surface area contributed by atoms with Gasteiger partial charge in [-0.05, 0) is 73.4 Å². The third-order valence-corrected chi connectivity index (χ3v) is 6.62. The minimum absolute atomic E-state index is 0.0332. The number of hydrogen-bond donors (Lipinski definition) is 0. The Bertz CT molecular complexity index is 1150. The molecule has 164 valence electrons. The van der Waals surface area contributed by atoms with Crippen LogP contribution in [0.25, 0.3) is 6.08 Å². The van der Waals surface area contributed by atoms with E-state index in [2.05, 4.69) is 39.0 Å². The van der Waals surface area contributed by atoms with Crippen molar-refractivity contribution in [3.05, 3.63) is 101 Å². The number of ether oxygens (including phenoxy) is 1. The van der Waals surface area contributed by atoms with E-state index in [1.54, 1.807) is 13.2 Å². The standard InChI is InChI=1S/C28H28ClNO2/c1-27(2)19-28(3,21-12-16-23(32-4)17-13-21)24-7-5-6-8-25(24)30(27)26(31)18-11-20-9-14-22(29)15-10-20/h5-18H,19H2,1-4H3/b18-11+/t28-/m1/s1. The summed E-state index contributed by atoms with van der Waals surface area (Å²) in [6, 6.07) is 24.0. The lowest BCUT2D eigenvalue weighted by Gasteiger charge is -2.51. The predicted molar refractivity (Wildman–Crippen MR) is 133 cm³/mol. The monoisotopic (exact) mass is 445 g/mol. The molecule has 0 aromatic heterocycles. The summed E-state index contributed by atoms with van der Waals surface area (Å²) in [6.45, 7) is 6.54. The van der Waals surface area contributed by atoms with Crippen LogP contribution in [0.2, 0.25) is 5.02 Å². The van der Waals surface area contributed by atoms with Crippen LogP contribution in [0, 0.1) is 0 Å². The van der Waals surface area contributed by atoms with Crippen molar-refractivity contribution in [3.63, 3.8) is 0 Å². The number of halogens is 1. The molecule has 0 spiro atoms. The van der Waals surface area contributed by atoms with Crippen molar-refractivity contribution >= 4 is 29.3 Å². The van der Waals surface area contributed by atoms with Crippen molar-refractivity contribution in [3.8, 4) is 5.75 Å². The van der Waals surface area contributed by atoms with Crippen LogP contribution in [-0.2, 0) is 10.2 Å². The topological polar surface area (TPSA) is 29.5 Å². The number of anilines is 1. The number of carbonyl (C=O) groups excluding carboxylic acids is 1. The number of para-hydroxylation sites is 1. The zero-order valence-corrected chi connectivity index (χ0v) is 19.7. The molecule has 0 aliphatic carbocycles. The van der Waals surface area contributed by atoms with E-state index in [1.807, 2.05) is 65.6 Å². The molecule has 1 amide bonds. The molecular weight excluding hydrogens is 418 g/mol. The van der Waals surface area contributed by atoms with E-state index < -0.39 is 0 Å². The van der Waals surface area contributed by atoms with E-state index >= 15 is 0 Å². The van der Waals surface area contributed by atoms with Gasteiger partial charge in [-0.25, -0.2) is 0 Å². The first-order valence-corrected chi connectivity index (χ1v) is 11.1. The maximum absolute atomic E-state index is 13.4. The van der Waals surface area contributed by atoms with Crippen LogP contribution >= 0.6 is 11.6 Å². The minimum atomic E-state index is -0.384. The summed E-state index contributed by atoms with van der Waals surface area (Å²) >= 11 is 5.98. The van der Waals surface area contributed by atoms with Gasteiger partial charge in [-0.2, -0.15) is 0 Å². The Balaban J connectivity index is 1.74. The fourth-order valence-corrected chi connectivity index (χ4v) is 5.08. The second kappa shape index (κ2) is 8.48. The Morgan fingerprint density at radius 1 is 0.969 bits per heavy atom. The van der Waals surface area contributed by atoms with Gasteiger partial charge in [0.1, 0.15) is 5.75 Å². The van der Waals surface area contributed by atoms with Crippen LogP contribution in [0.3, 0.4) is 0 Å². The average molecular weight is 446 g/mol. The smallest absolute Gasteiger partial charge is 0.251 e. The van der Waals surface area contributed by atoms with E-state index in [0.717, 1.165) is 29.0 Å². The first-order chi connectivity index (χ1) is 15.2. The quantitative estimate of drug-likeness (QED) is 0.409. The average Bonchev–Trinajstić information content (AvgIpc) is 2.78. The molecule has 0 radical (unpaired) electrons. The van der Waals surface area contributed by atoms with Crippen LogP contribution in [0.5, 0.6) is 5.75 Å². The lowest BCUT2D eigenvalue weighted by Crippen LogP contribution is -2.55. The summed E-state index contributed by atoms with van der Waals surface area (Å²) in [7, 11) is 1.68. The third-order valence-electron chi connectivity index (χ3n) is 6.37. The van der Waals surface area contributed by atoms with Crippen molar-refractivity contribution in [1.82, 2.24) is 0 Å². The van der Waals surface area contributed by atoms with Crippen LogP contribution in [0.1, 0.15) is 43.9 Å². The number of nitrogens with zero attached hydrogens (tertiary/aromatic N) is 1. The van der Waals surface area contributed by atoms with Crippen molar-refractivity contribution in [1.29, 1.82) is 0 Å². The second-order valence-corrected chi connectivity index (χ2v) is 9.56. The normalized spacial score (nSPS) is 19.6. The maximum atomic E-state index is 13.4. The fraction of sp³-hybridized carbons (Fsp3) is 0.250. The van der Waals surface area contributed by atoms with Gasteiger partial charge in [-0.15, -0.1) is 0 Å². The molecule has 0 saturated carbocycles. The molecule has 0 bridgehead atoms. The van der Waals surface area contributed by atoms with Gasteiger partial charge in [0.15, 0.2) is 0 Å². The molecule has 3 nitrogen and oxygen atoms in total. The number of fused-ring (bicyclic) bond motifs is 1. The number of methoxy groups -OCH3 is 1. The van der Waals surface area contributed by atoms with Gasteiger partial charge in [0.25, 0.3) is 5.91 Å². The van der Waals surface area contributed by atoms with Gasteiger partial charge in [0, 0.05) is 27.7 Å². The van der Waals surface area contributed by atoms with Crippen LogP contribution < -0.4 is 9.64 Å². The van der Waals surface area contributed by atoms with E-state index in [-0.39, 0.29) is 16.9 Å². The Kier molecular flexibility index (Phi) is 5.87. The van der Waals surface area contributed by atoms with Gasteiger partial charge >= 0.3 is 0 Å². The summed E-state index contributed by atoms with van der Waals surface area (Å²) in [5.41, 5.74) is 3.63. The second-order valence-electron chi connectivity index (χ2n) is 9.13. The Hall–Kier alpha value is -3.04. The Morgan fingerprint density at radius 3 is 2.28 bits per heavy atom. The number of amides is 1. The van der Waals surface area contributed by atoms with E-state index in [9.17, 15) is 4.79 Å². The number of hydrogen-bond acceptors (Lipinski definition) is 2. The Labute approximate surface area is 195 Å². The van der Waals surface area contributed by atoms with Crippen molar-refractivity contribution in [2.45, 2.75) is 38.1 Å². The molecule has 1 aliphatic rings. The van der Waals surface area contributed by atoms with Gasteiger partial charge in [-0.3, -0.25) is 4.79 Å². The van der Waals surface area contributed by atoms with E-state index in [1.165, 1.54) is 5.56 Å². The Morgan fingerprint density at radius 2 is 1.62 bits per heavy atom. The fourth-order valence-electron chi connectivity index (χ4n) is 4.95. The van der Waals surface area contributed by atoms with Gasteiger partial charge in [-0.1, -0.05) is 61.0 Å². The van der Waals surface area contributed by atoms with Crippen molar-refractivity contribution < 1.29 is 9.53 Å². The van der Waals surface area contributed by atoms with Gasteiger partial charge < -0.3 is 9.64 Å². The predicted octanol–water partition coefficient (Wildman–Crippen LogP) is 6.88. The first kappa shape index (κ1) is 22.2. The summed E-state index contributed by atoms with van der Waals surface area (Å²) < 4.78 is 5.35. The van der Waals surface area contributed by atoms with Crippen molar-refractivity contribution in [2.75, 3.05) is 12.0 Å². The zero-order chi connectivity index (χ0) is 22.9. The number of carbonyl (C=O) groups is 1. The van der Waals surface area contributed by atoms with Crippen LogP contribution in [-0.4, -0.2) is 18.6 Å². The molecule has 0 N–H and O–H groups in total. The minimum Gasteiger partial charge on any atom is -0.497 e. The highest BCUT2D eigenvalue weighted by Gasteiger charge is 2.47. The highest BCUT2D eigenvalue weighted by atomic mass is 35.5. The number of rotatable bonds is 4. The zero-order valence-electron chi connectivity index (χ0n) is 18.9. The molecule has 4 rings (SSSR count). The highest BCUT2D eigenvalue weighted by Crippen LogP contribution is 2.50. The van der Waals surface area contributed by atoms with Crippen molar-refractivity contribution in [2.24, 2.45) is 0 Å². The molecule has 1 aliphatic heterocycles. The first-order valence-electron chi connectivity index (χ1n) is 10.8. The van der Waals surface area contributed by atoms with Gasteiger partial charge in [0.05, 0.1) is 7.11 Å². The number of benzene rings is 3. The molecule has 32 heavy (non-hydrogen) atoms. The molecule has 0 unspecified atom stereocenters. The highest BCUT2D eigenvalue weighted by molar-refractivity contribution is 6.30. The summed E-state index contributed by atoms with van der Waals surface area (Å²) in [5, 5.41) is 0.678. The molecule has 3 aromatic carbocycles. The SMILES string of the molecule is COc1ccc([C@@]2(C)CC(C)(C)N(C(=O)/C=C/c3ccc(Cl)cc3)c3ccccc32)cc1. The molecule has 1 heterocycles. The van der Waals surface area contributed by atoms with E-state index in [0.29, 0.717) is 5.02 Å². The lowest BCUT2D eigenvalue weighted by atomic mass is 9.65. The molecule has 4 heteroatoms. The third kappa shape index (κ3) is 4.05. The molecule has 0 fully saturated rings. The lowest BCUT2D eigenvalue weighted by molar-refractivity contribution is -0.115. The molecule has 3 aromatic rings. The summed E-state index contributed by atoms with van der Waals surface area (Å²) in [5.74, 6) is 0.805. The van der Waals surface area contributed by atoms with Crippen LogP contribution in [0.4, 0.5) is 5.69 Å². The molecule has 0 saturated heterocycles.